The normalized spacial score (nSPS) is 10.6. The lowest BCUT2D eigenvalue weighted by atomic mass is 10.2. The van der Waals surface area contributed by atoms with Gasteiger partial charge in [-0.05, 0) is 19.4 Å². The first-order chi connectivity index (χ1) is 9.96. The predicted octanol–water partition coefficient (Wildman–Crippen LogP) is -0.348. The number of H-pyrrole nitrogens is 1. The molecule has 0 aliphatic rings. The summed E-state index contributed by atoms with van der Waals surface area (Å²) in [5, 5.41) is 0. The lowest BCUT2D eigenvalue weighted by molar-refractivity contribution is 0.0952. The van der Waals surface area contributed by atoms with Crippen LogP contribution in [0, 0.1) is 6.92 Å². The summed E-state index contributed by atoms with van der Waals surface area (Å²) in [5.41, 5.74) is 1.90. The fourth-order valence-electron chi connectivity index (χ4n) is 2.02. The molecule has 1 amide bonds. The van der Waals surface area contributed by atoms with Crippen LogP contribution < -0.4 is 22.5 Å². The molecule has 112 valence electrons. The summed E-state index contributed by atoms with van der Waals surface area (Å²) in [7, 11) is 0. The Bertz CT molecular complexity index is 784. The van der Waals surface area contributed by atoms with Gasteiger partial charge in [0.05, 0.1) is 12.1 Å². The van der Waals surface area contributed by atoms with Crippen molar-refractivity contribution >= 4 is 5.91 Å². The summed E-state index contributed by atoms with van der Waals surface area (Å²) in [6.45, 7) is 3.56. The Kier molecular flexibility index (Phi) is 4.08. The number of aromatic nitrogens is 2. The predicted molar refractivity (Wildman–Crippen MR) is 74.9 cm³/mol. The quantitative estimate of drug-likeness (QED) is 0.404. The van der Waals surface area contributed by atoms with Gasteiger partial charge in [-0.1, -0.05) is 6.92 Å². The summed E-state index contributed by atoms with van der Waals surface area (Å²) < 4.78 is 6.75. The number of furan rings is 1. The standard InChI is InChI=1S/C13H16N4O4/c1-3-8-5-17(13(20)15-11(8)18)6-9-4-10(7(2)21-9)12(19)16-14/h4-5H,3,6,14H2,1-2H3,(H,16,19)(H,15,18,20). The van der Waals surface area contributed by atoms with Gasteiger partial charge in [0.25, 0.3) is 11.5 Å². The van der Waals surface area contributed by atoms with Crippen LogP contribution in [0.3, 0.4) is 0 Å². The summed E-state index contributed by atoms with van der Waals surface area (Å²) >= 11 is 0. The highest BCUT2D eigenvalue weighted by molar-refractivity contribution is 5.94. The lowest BCUT2D eigenvalue weighted by Crippen LogP contribution is -2.31. The van der Waals surface area contributed by atoms with Gasteiger partial charge >= 0.3 is 5.69 Å². The van der Waals surface area contributed by atoms with Gasteiger partial charge in [-0.2, -0.15) is 0 Å². The minimum atomic E-state index is -0.531. The summed E-state index contributed by atoms with van der Waals surface area (Å²) in [5.74, 6) is 5.43. The molecule has 0 bridgehead atoms. The second kappa shape index (κ2) is 5.80. The Hall–Kier alpha value is -2.61. The average Bonchev–Trinajstić information content (AvgIpc) is 2.81. The molecule has 2 heterocycles. The van der Waals surface area contributed by atoms with E-state index >= 15 is 0 Å². The molecule has 0 aliphatic heterocycles. The van der Waals surface area contributed by atoms with E-state index in [0.29, 0.717) is 29.1 Å². The molecule has 0 saturated carbocycles. The molecule has 21 heavy (non-hydrogen) atoms. The van der Waals surface area contributed by atoms with Crippen molar-refractivity contribution in [3.05, 3.63) is 55.7 Å². The molecule has 0 aromatic carbocycles. The maximum atomic E-state index is 11.8. The molecule has 4 N–H and O–H groups in total. The third-order valence-corrected chi connectivity index (χ3v) is 3.14. The van der Waals surface area contributed by atoms with Crippen LogP contribution in [0.15, 0.2) is 26.3 Å². The number of nitrogen functional groups attached to an aromatic ring is 1. The minimum absolute atomic E-state index is 0.112. The van der Waals surface area contributed by atoms with E-state index in [-0.39, 0.29) is 6.54 Å². The largest absolute Gasteiger partial charge is 0.464 e. The van der Waals surface area contributed by atoms with E-state index in [0.717, 1.165) is 0 Å². The first kappa shape index (κ1) is 14.8. The topological polar surface area (TPSA) is 123 Å². The highest BCUT2D eigenvalue weighted by Crippen LogP contribution is 2.15. The molecule has 0 aliphatic carbocycles. The maximum Gasteiger partial charge on any atom is 0.328 e. The summed E-state index contributed by atoms with van der Waals surface area (Å²) in [4.78, 5) is 37.0. The van der Waals surface area contributed by atoms with Crippen molar-refractivity contribution in [1.82, 2.24) is 15.0 Å². The van der Waals surface area contributed by atoms with Crippen molar-refractivity contribution in [1.29, 1.82) is 0 Å². The number of nitrogens with one attached hydrogen (secondary N) is 2. The van der Waals surface area contributed by atoms with Crippen LogP contribution in [0.5, 0.6) is 0 Å². The van der Waals surface area contributed by atoms with E-state index in [1.165, 1.54) is 16.8 Å². The third kappa shape index (κ3) is 2.95. The van der Waals surface area contributed by atoms with E-state index < -0.39 is 17.2 Å². The second-order valence-corrected chi connectivity index (χ2v) is 4.55. The number of aromatic amines is 1. The van der Waals surface area contributed by atoms with E-state index in [2.05, 4.69) is 4.98 Å². The number of nitrogens with two attached hydrogens (primary N) is 1. The van der Waals surface area contributed by atoms with Crippen LogP contribution >= 0.6 is 0 Å². The number of aryl methyl sites for hydroxylation is 2. The monoisotopic (exact) mass is 292 g/mol. The molecular formula is C13H16N4O4. The summed E-state index contributed by atoms with van der Waals surface area (Å²) in [6.07, 6.45) is 2.00. The maximum absolute atomic E-state index is 11.8. The zero-order valence-corrected chi connectivity index (χ0v) is 11.7. The van der Waals surface area contributed by atoms with Crippen LogP contribution in [0.2, 0.25) is 0 Å². The number of amides is 1. The fraction of sp³-hybridized carbons (Fsp3) is 0.308. The highest BCUT2D eigenvalue weighted by Gasteiger charge is 2.15. The minimum Gasteiger partial charge on any atom is -0.464 e. The van der Waals surface area contributed by atoms with E-state index in [9.17, 15) is 14.4 Å². The Balaban J connectivity index is 2.37. The molecule has 0 atom stereocenters. The number of hydrazine groups is 1. The molecule has 0 radical (unpaired) electrons. The van der Waals surface area contributed by atoms with Crippen LogP contribution in [0.4, 0.5) is 0 Å². The number of nitrogens with zero attached hydrogens (tertiary/aromatic N) is 1. The van der Waals surface area contributed by atoms with Crippen molar-refractivity contribution < 1.29 is 9.21 Å². The molecule has 2 rings (SSSR count). The number of hydrogen-bond acceptors (Lipinski definition) is 5. The van der Waals surface area contributed by atoms with E-state index in [1.54, 1.807) is 6.92 Å². The molecule has 2 aromatic rings. The molecule has 0 fully saturated rings. The van der Waals surface area contributed by atoms with Gasteiger partial charge < -0.3 is 4.42 Å². The van der Waals surface area contributed by atoms with Gasteiger partial charge in [0, 0.05) is 11.8 Å². The molecule has 8 heteroatoms. The number of carbonyl (C=O) groups excluding carboxylic acids is 1. The highest BCUT2D eigenvalue weighted by atomic mass is 16.3. The first-order valence-corrected chi connectivity index (χ1v) is 6.39. The Labute approximate surface area is 119 Å². The van der Waals surface area contributed by atoms with Gasteiger partial charge in [-0.25, -0.2) is 10.6 Å². The second-order valence-electron chi connectivity index (χ2n) is 4.55. The van der Waals surface area contributed by atoms with Crippen molar-refractivity contribution in [2.24, 2.45) is 5.84 Å². The molecule has 2 aromatic heterocycles. The van der Waals surface area contributed by atoms with Crippen molar-refractivity contribution in [2.45, 2.75) is 26.8 Å². The van der Waals surface area contributed by atoms with Crippen LogP contribution in [0.25, 0.3) is 0 Å². The number of carbonyl (C=O) groups is 1. The molecule has 8 nitrogen and oxygen atoms in total. The van der Waals surface area contributed by atoms with E-state index in [4.69, 9.17) is 10.3 Å². The van der Waals surface area contributed by atoms with Gasteiger partial charge in [-0.15, -0.1) is 0 Å². The van der Waals surface area contributed by atoms with Gasteiger partial charge in [0.1, 0.15) is 11.5 Å². The Morgan fingerprint density at radius 3 is 2.81 bits per heavy atom. The zero-order valence-electron chi connectivity index (χ0n) is 11.7. The van der Waals surface area contributed by atoms with Gasteiger partial charge in [-0.3, -0.25) is 24.6 Å². The Morgan fingerprint density at radius 1 is 1.48 bits per heavy atom. The van der Waals surface area contributed by atoms with E-state index in [1.807, 2.05) is 12.3 Å². The molecular weight excluding hydrogens is 276 g/mol. The zero-order chi connectivity index (χ0) is 15.6. The average molecular weight is 292 g/mol. The summed E-state index contributed by atoms with van der Waals surface area (Å²) in [6, 6.07) is 1.51. The number of hydrogen-bond donors (Lipinski definition) is 3. The van der Waals surface area contributed by atoms with Crippen molar-refractivity contribution in [3.63, 3.8) is 0 Å². The Morgan fingerprint density at radius 2 is 2.19 bits per heavy atom. The fourth-order valence-corrected chi connectivity index (χ4v) is 2.02. The lowest BCUT2D eigenvalue weighted by Gasteiger charge is -2.04. The molecule has 0 saturated heterocycles. The van der Waals surface area contributed by atoms with Crippen LogP contribution in [0.1, 0.15) is 34.4 Å². The molecule has 0 spiro atoms. The van der Waals surface area contributed by atoms with Crippen LogP contribution in [-0.4, -0.2) is 15.5 Å². The first-order valence-electron chi connectivity index (χ1n) is 6.39. The van der Waals surface area contributed by atoms with Gasteiger partial charge in [0.2, 0.25) is 0 Å². The van der Waals surface area contributed by atoms with Crippen molar-refractivity contribution in [2.75, 3.05) is 0 Å². The van der Waals surface area contributed by atoms with Crippen LogP contribution in [-0.2, 0) is 13.0 Å². The van der Waals surface area contributed by atoms with Gasteiger partial charge in [0.15, 0.2) is 0 Å². The SMILES string of the molecule is CCc1cn(Cc2cc(C(=O)NN)c(C)o2)c(=O)[nH]c1=O. The van der Waals surface area contributed by atoms with Crippen molar-refractivity contribution in [3.8, 4) is 0 Å². The third-order valence-electron chi connectivity index (χ3n) is 3.14. The molecule has 0 unspecified atom stereocenters. The smallest absolute Gasteiger partial charge is 0.328 e. The number of rotatable bonds is 4.